The van der Waals surface area contributed by atoms with Gasteiger partial charge in [-0.3, -0.25) is 9.80 Å². The third-order valence-corrected chi connectivity index (χ3v) is 7.43. The van der Waals surface area contributed by atoms with E-state index in [0.717, 1.165) is 25.9 Å². The van der Waals surface area contributed by atoms with Crippen molar-refractivity contribution in [1.29, 1.82) is 0 Å². The van der Waals surface area contributed by atoms with E-state index in [2.05, 4.69) is 102 Å². The quantitative estimate of drug-likeness (QED) is 0.168. The van der Waals surface area contributed by atoms with Gasteiger partial charge in [-0.1, -0.05) is 115 Å². The molecule has 5 nitrogen and oxygen atoms in total. The highest BCUT2D eigenvalue weighted by atomic mass is 16.6. The summed E-state index contributed by atoms with van der Waals surface area (Å²) in [5.41, 5.74) is 2.62. The zero-order valence-electron chi connectivity index (χ0n) is 24.9. The predicted octanol–water partition coefficient (Wildman–Crippen LogP) is 8.09. The summed E-state index contributed by atoms with van der Waals surface area (Å²) in [4.78, 5) is 17.3. The van der Waals surface area contributed by atoms with Crippen LogP contribution in [0.5, 0.6) is 0 Å². The number of carbonyl (C=O) groups excluding carboxylic acids is 1. The number of allylic oxidation sites excluding steroid dienone is 2. The average molecular weight is 553 g/mol. The second-order valence-electron chi connectivity index (χ2n) is 11.7. The van der Waals surface area contributed by atoms with Crippen molar-refractivity contribution < 1.29 is 14.3 Å². The minimum atomic E-state index is -0.681. The van der Waals surface area contributed by atoms with Gasteiger partial charge in [0.25, 0.3) is 0 Å². The van der Waals surface area contributed by atoms with Crippen LogP contribution in [0.4, 0.5) is 4.79 Å². The third kappa shape index (κ3) is 8.91. The van der Waals surface area contributed by atoms with Gasteiger partial charge in [-0.05, 0) is 57.2 Å². The van der Waals surface area contributed by atoms with Gasteiger partial charge in [0.15, 0.2) is 0 Å². The summed E-state index contributed by atoms with van der Waals surface area (Å²) in [5, 5.41) is 0. The maximum Gasteiger partial charge on any atom is 0.412 e. The van der Waals surface area contributed by atoms with Gasteiger partial charge in [0, 0.05) is 19.1 Å². The van der Waals surface area contributed by atoms with E-state index in [1.54, 1.807) is 4.90 Å². The molecule has 41 heavy (non-hydrogen) atoms. The van der Waals surface area contributed by atoms with E-state index in [0.29, 0.717) is 13.2 Å². The number of amides is 1. The van der Waals surface area contributed by atoms with E-state index in [-0.39, 0.29) is 12.1 Å². The van der Waals surface area contributed by atoms with Gasteiger partial charge < -0.3 is 9.47 Å². The van der Waals surface area contributed by atoms with Gasteiger partial charge in [0.2, 0.25) is 0 Å². The maximum absolute atomic E-state index is 13.1. The van der Waals surface area contributed by atoms with E-state index in [4.69, 9.17) is 9.47 Å². The highest BCUT2D eigenvalue weighted by Gasteiger charge is 2.49. The number of carbonyl (C=O) groups is 1. The smallest absolute Gasteiger partial charge is 0.412 e. The van der Waals surface area contributed by atoms with Crippen molar-refractivity contribution in [2.24, 2.45) is 0 Å². The zero-order valence-corrected chi connectivity index (χ0v) is 24.9. The van der Waals surface area contributed by atoms with E-state index in [1.807, 2.05) is 45.9 Å². The second-order valence-corrected chi connectivity index (χ2v) is 11.7. The number of benzene rings is 3. The lowest BCUT2D eigenvalue weighted by Crippen LogP contribution is -2.52. The van der Waals surface area contributed by atoms with Gasteiger partial charge in [-0.15, -0.1) is 0 Å². The first kappa shape index (κ1) is 30.3. The molecule has 1 aliphatic rings. The molecule has 1 fully saturated rings. The minimum absolute atomic E-state index is 0.150. The van der Waals surface area contributed by atoms with Crippen LogP contribution in [0.1, 0.15) is 57.2 Å². The molecular weight excluding hydrogens is 508 g/mol. The number of hydrogen-bond acceptors (Lipinski definition) is 4. The zero-order chi connectivity index (χ0) is 29.1. The normalized spacial score (nSPS) is 17.0. The van der Waals surface area contributed by atoms with Crippen LogP contribution in [0.2, 0.25) is 0 Å². The van der Waals surface area contributed by atoms with Crippen molar-refractivity contribution in [1.82, 2.24) is 9.80 Å². The molecule has 3 aromatic carbocycles. The Hall–Kier alpha value is -3.67. The van der Waals surface area contributed by atoms with Crippen molar-refractivity contribution in [3.8, 4) is 0 Å². The summed E-state index contributed by atoms with van der Waals surface area (Å²) in [6.07, 6.45) is 9.91. The third-order valence-electron chi connectivity index (χ3n) is 7.43. The molecule has 0 spiro atoms. The van der Waals surface area contributed by atoms with E-state index in [9.17, 15) is 4.79 Å². The summed E-state index contributed by atoms with van der Waals surface area (Å²) in [6.45, 7) is 10.3. The van der Waals surface area contributed by atoms with Crippen LogP contribution < -0.4 is 0 Å². The molecule has 0 N–H and O–H groups in total. The molecule has 0 aliphatic carbocycles. The lowest BCUT2D eigenvalue weighted by Gasteiger charge is -2.36. The molecule has 0 bridgehead atoms. The molecule has 1 amide bonds. The van der Waals surface area contributed by atoms with Crippen LogP contribution in [0.15, 0.2) is 109 Å². The van der Waals surface area contributed by atoms with Crippen molar-refractivity contribution in [3.63, 3.8) is 0 Å². The van der Waals surface area contributed by atoms with Gasteiger partial charge in [-0.25, -0.2) is 4.79 Å². The Kier molecular flexibility index (Phi) is 10.6. The molecule has 0 aromatic heterocycles. The molecule has 5 heteroatoms. The van der Waals surface area contributed by atoms with Crippen molar-refractivity contribution in [2.75, 3.05) is 13.2 Å². The van der Waals surface area contributed by atoms with Crippen molar-refractivity contribution in [3.05, 3.63) is 126 Å². The predicted molar refractivity (Wildman–Crippen MR) is 167 cm³/mol. The minimum Gasteiger partial charge on any atom is -0.449 e. The molecule has 1 heterocycles. The number of rotatable bonds is 12. The number of hydrogen-bond donors (Lipinski definition) is 0. The fourth-order valence-corrected chi connectivity index (χ4v) is 5.44. The van der Waals surface area contributed by atoms with Gasteiger partial charge in [-0.2, -0.15) is 0 Å². The Morgan fingerprint density at radius 1 is 0.878 bits per heavy atom. The van der Waals surface area contributed by atoms with E-state index >= 15 is 0 Å². The highest BCUT2D eigenvalue weighted by Crippen LogP contribution is 2.35. The van der Waals surface area contributed by atoms with Gasteiger partial charge in [0.1, 0.15) is 5.72 Å². The van der Waals surface area contributed by atoms with Crippen LogP contribution in [0.3, 0.4) is 0 Å². The molecule has 1 atom stereocenters. The van der Waals surface area contributed by atoms with Crippen LogP contribution >= 0.6 is 0 Å². The lowest BCUT2D eigenvalue weighted by atomic mass is 10.0. The number of ether oxygens (including phenoxy) is 2. The lowest BCUT2D eigenvalue weighted by molar-refractivity contribution is -0.0520. The van der Waals surface area contributed by atoms with Crippen LogP contribution in [-0.4, -0.2) is 46.4 Å². The number of nitrogens with zero attached hydrogens (tertiary/aromatic N) is 2. The molecule has 1 aliphatic heterocycles. The molecule has 1 saturated heterocycles. The monoisotopic (exact) mass is 552 g/mol. The fraction of sp³-hybridized carbons (Fsp3) is 0.361. The molecule has 4 rings (SSSR count). The van der Waals surface area contributed by atoms with Crippen molar-refractivity contribution >= 4 is 12.2 Å². The first-order chi connectivity index (χ1) is 19.7. The summed E-state index contributed by atoms with van der Waals surface area (Å²) in [5.74, 6) is 0. The summed E-state index contributed by atoms with van der Waals surface area (Å²) < 4.78 is 11.7. The van der Waals surface area contributed by atoms with Gasteiger partial charge in [0.05, 0.1) is 18.8 Å². The van der Waals surface area contributed by atoms with Crippen LogP contribution in [-0.2, 0) is 22.6 Å². The molecule has 216 valence electrons. The SMILES string of the molecule is CC1(C)COC(C)(C)N1C(=O)OCCC[C@@H](/C=C/C=C/c1ccccc1)N(Cc1ccccc1)Cc1ccccc1. The Balaban J connectivity index is 1.48. The standard InChI is InChI=1S/C36H44N2O3/c1-35(2)29-41-36(3,4)38(35)34(39)40-26-16-25-33(24-15-14-19-30-17-8-5-9-18-30)37(27-31-20-10-6-11-21-31)28-32-22-12-7-13-23-32/h5-15,17-24,33H,16,25-29H2,1-4H3/b19-14+,24-15+/t33-/m1/s1. The van der Waals surface area contributed by atoms with Crippen LogP contribution in [0.25, 0.3) is 6.08 Å². The molecule has 0 radical (unpaired) electrons. The molecular formula is C36H44N2O3. The first-order valence-corrected chi connectivity index (χ1v) is 14.6. The van der Waals surface area contributed by atoms with E-state index < -0.39 is 11.3 Å². The molecule has 0 saturated carbocycles. The Labute approximate surface area is 246 Å². The fourth-order valence-electron chi connectivity index (χ4n) is 5.44. The van der Waals surface area contributed by atoms with Gasteiger partial charge >= 0.3 is 6.09 Å². The Bertz CT molecular complexity index is 1210. The largest absolute Gasteiger partial charge is 0.449 e. The molecule has 0 unspecified atom stereocenters. The Morgan fingerprint density at radius 3 is 1.98 bits per heavy atom. The Morgan fingerprint density at radius 2 is 1.44 bits per heavy atom. The molecule has 3 aromatic rings. The van der Waals surface area contributed by atoms with E-state index in [1.165, 1.54) is 16.7 Å². The van der Waals surface area contributed by atoms with Crippen LogP contribution in [0, 0.1) is 0 Å². The first-order valence-electron chi connectivity index (χ1n) is 14.6. The topological polar surface area (TPSA) is 42.0 Å². The van der Waals surface area contributed by atoms with Crippen molar-refractivity contribution in [2.45, 2.75) is 70.9 Å². The average Bonchev–Trinajstić information content (AvgIpc) is 3.20. The second kappa shape index (κ2) is 14.3. The maximum atomic E-state index is 13.1. The summed E-state index contributed by atoms with van der Waals surface area (Å²) in [6, 6.07) is 31.7. The summed E-state index contributed by atoms with van der Waals surface area (Å²) in [7, 11) is 0. The highest BCUT2D eigenvalue weighted by molar-refractivity contribution is 5.70. The summed E-state index contributed by atoms with van der Waals surface area (Å²) >= 11 is 0.